The third kappa shape index (κ3) is 126. The number of hydrogen-bond acceptors (Lipinski definition) is 0. The largest absolute Gasteiger partial charge is 0.0683 e. The fraction of sp³-hybridized carbons (Fsp3) is 1.00. The molecule has 98 valence electrons. The van der Waals surface area contributed by atoms with Gasteiger partial charge in [-0.05, 0) is 5.92 Å². The number of unbranched alkanes of at least 4 members (excludes halogenated alkanes) is 1. The van der Waals surface area contributed by atoms with Crippen LogP contribution in [-0.4, -0.2) is 0 Å². The lowest BCUT2D eigenvalue weighted by molar-refractivity contribution is 0.886. The zero-order valence-corrected chi connectivity index (χ0v) is 13.1. The topological polar surface area (TPSA) is 0 Å². The molecule has 0 aromatic rings. The Morgan fingerprint density at radius 1 is 0.733 bits per heavy atom. The molecule has 0 nitrogen and oxygen atoms in total. The van der Waals surface area contributed by atoms with E-state index in [0.717, 1.165) is 5.92 Å². The van der Waals surface area contributed by atoms with Gasteiger partial charge in [0.15, 0.2) is 0 Å². The van der Waals surface area contributed by atoms with Gasteiger partial charge in [0.05, 0.1) is 0 Å². The molecule has 0 heteroatoms. The normalized spacial score (nSPS) is 11.0. The Kier molecular flexibility index (Phi) is 59.9. The molecule has 0 bridgehead atoms. The Morgan fingerprint density at radius 3 is 0.867 bits per heavy atom. The van der Waals surface area contributed by atoms with E-state index < -0.39 is 0 Å². The zero-order valence-electron chi connectivity index (χ0n) is 13.1. The Balaban J connectivity index is -0.0000000526. The van der Waals surface area contributed by atoms with Crippen molar-refractivity contribution in [1.29, 1.82) is 0 Å². The van der Waals surface area contributed by atoms with Crippen LogP contribution in [-0.2, 0) is 0 Å². The van der Waals surface area contributed by atoms with Gasteiger partial charge in [-0.3, -0.25) is 0 Å². The smallest absolute Gasteiger partial charge is 0.0443 e. The van der Waals surface area contributed by atoms with Gasteiger partial charge >= 0.3 is 0 Å². The van der Waals surface area contributed by atoms with Crippen LogP contribution in [0.5, 0.6) is 0 Å². The average molecular weight is 218 g/mol. The Morgan fingerprint density at radius 2 is 0.867 bits per heavy atom. The van der Waals surface area contributed by atoms with E-state index in [1.54, 1.807) is 0 Å². The molecule has 1 aliphatic carbocycles. The van der Waals surface area contributed by atoms with E-state index in [-0.39, 0.29) is 0 Å². The van der Waals surface area contributed by atoms with Gasteiger partial charge < -0.3 is 0 Å². The molecule has 1 saturated carbocycles. The zero-order chi connectivity index (χ0) is 13.1. The lowest BCUT2D eigenvalue weighted by Gasteiger charge is -1.68. The van der Waals surface area contributed by atoms with Crippen molar-refractivity contribution in [3.63, 3.8) is 0 Å². The maximum Gasteiger partial charge on any atom is -0.0443 e. The number of hydrogen-bond donors (Lipinski definition) is 0. The van der Waals surface area contributed by atoms with Crippen LogP contribution < -0.4 is 0 Å². The minimum absolute atomic E-state index is 1.08. The van der Waals surface area contributed by atoms with Crippen LogP contribution in [0.15, 0.2) is 0 Å². The first-order valence-corrected chi connectivity index (χ1v) is 7.22. The second-order valence-electron chi connectivity index (χ2n) is 3.39. The van der Waals surface area contributed by atoms with Gasteiger partial charge in [0.2, 0.25) is 0 Å². The Bertz CT molecular complexity index is 42.0. The second-order valence-corrected chi connectivity index (χ2v) is 3.39. The van der Waals surface area contributed by atoms with E-state index in [9.17, 15) is 0 Å². The summed E-state index contributed by atoms with van der Waals surface area (Å²) in [4.78, 5) is 0. The average Bonchev–Trinajstić information content (AvgIpc) is 3.08. The van der Waals surface area contributed by atoms with Crippen LogP contribution in [0, 0.1) is 5.92 Å². The molecular weight excluding hydrogens is 180 g/mol. The summed E-state index contributed by atoms with van der Waals surface area (Å²) >= 11 is 0. The summed E-state index contributed by atoms with van der Waals surface area (Å²) in [6.45, 7) is 18.9. The summed E-state index contributed by atoms with van der Waals surface area (Å²) in [6.07, 6.45) is 6.86. The molecule has 0 heterocycles. The van der Waals surface area contributed by atoms with Crippen molar-refractivity contribution in [2.45, 2.75) is 94.4 Å². The third-order valence-electron chi connectivity index (χ3n) is 1.37. The third-order valence-corrected chi connectivity index (χ3v) is 1.37. The van der Waals surface area contributed by atoms with Crippen LogP contribution in [0.1, 0.15) is 94.4 Å². The van der Waals surface area contributed by atoms with Gasteiger partial charge in [-0.2, -0.15) is 0 Å². The van der Waals surface area contributed by atoms with E-state index in [1.165, 1.54) is 32.1 Å². The standard InChI is InChI=1S/C4H8.C4H10.C3H8.2C2H6/c1-4-2-3-4;1-3-4-2;1-3-2;2*1-2/h4H,2-3H2,1H3;3-4H2,1-2H3;3H2,1-2H3;2*1-2H3. The molecule has 0 saturated heterocycles. The summed E-state index contributed by atoms with van der Waals surface area (Å²) < 4.78 is 0. The van der Waals surface area contributed by atoms with Crippen LogP contribution in [0.4, 0.5) is 0 Å². The van der Waals surface area contributed by atoms with E-state index in [1.807, 2.05) is 27.7 Å². The van der Waals surface area contributed by atoms with E-state index in [4.69, 9.17) is 0 Å². The molecule has 0 amide bonds. The molecule has 1 aliphatic rings. The maximum atomic E-state index is 2.28. The maximum absolute atomic E-state index is 2.28. The van der Waals surface area contributed by atoms with Gasteiger partial charge in [0, 0.05) is 0 Å². The monoisotopic (exact) mass is 218 g/mol. The van der Waals surface area contributed by atoms with Crippen molar-refractivity contribution in [1.82, 2.24) is 0 Å². The van der Waals surface area contributed by atoms with Crippen LogP contribution in [0.3, 0.4) is 0 Å². The minimum atomic E-state index is 1.08. The highest BCUT2D eigenvalue weighted by Crippen LogP contribution is 2.26. The molecule has 0 aromatic heterocycles. The summed E-state index contributed by atoms with van der Waals surface area (Å²) in [5, 5.41) is 0. The van der Waals surface area contributed by atoms with Crippen LogP contribution in [0.25, 0.3) is 0 Å². The highest BCUT2D eigenvalue weighted by atomic mass is 14.2. The Labute approximate surface area is 101 Å². The van der Waals surface area contributed by atoms with Gasteiger partial charge in [-0.25, -0.2) is 0 Å². The van der Waals surface area contributed by atoms with Crippen molar-refractivity contribution < 1.29 is 0 Å². The molecule has 0 aromatic carbocycles. The van der Waals surface area contributed by atoms with Crippen LogP contribution in [0.2, 0.25) is 0 Å². The SMILES string of the molecule is CC.CC.CC1CC1.CCC.CCCC. The summed E-state index contributed by atoms with van der Waals surface area (Å²) in [5.41, 5.74) is 0. The van der Waals surface area contributed by atoms with Gasteiger partial charge in [-0.1, -0.05) is 94.4 Å². The fourth-order valence-corrected chi connectivity index (χ4v) is 0.167. The number of rotatable bonds is 1. The van der Waals surface area contributed by atoms with E-state index in [2.05, 4.69) is 34.6 Å². The molecule has 0 N–H and O–H groups in total. The molecule has 0 atom stereocenters. The van der Waals surface area contributed by atoms with Crippen molar-refractivity contribution >= 4 is 0 Å². The summed E-state index contributed by atoms with van der Waals surface area (Å²) in [6, 6.07) is 0. The predicted octanol–water partition coefficient (Wildman–Crippen LogP) is 6.69. The highest BCUT2D eigenvalue weighted by molar-refractivity contribution is 4.65. The summed E-state index contributed by atoms with van der Waals surface area (Å²) in [5.74, 6) is 1.08. The van der Waals surface area contributed by atoms with Crippen molar-refractivity contribution in [3.05, 3.63) is 0 Å². The van der Waals surface area contributed by atoms with E-state index in [0.29, 0.717) is 0 Å². The van der Waals surface area contributed by atoms with Gasteiger partial charge in [0.25, 0.3) is 0 Å². The van der Waals surface area contributed by atoms with Crippen molar-refractivity contribution in [2.75, 3.05) is 0 Å². The Hall–Kier alpha value is 0. The molecule has 0 radical (unpaired) electrons. The molecule has 0 aliphatic heterocycles. The highest BCUT2D eigenvalue weighted by Gasteiger charge is 2.12. The molecule has 0 spiro atoms. The molecule has 15 heavy (non-hydrogen) atoms. The summed E-state index contributed by atoms with van der Waals surface area (Å²) in [7, 11) is 0. The first kappa shape index (κ1) is 24.3. The van der Waals surface area contributed by atoms with Crippen LogP contribution >= 0.6 is 0 Å². The molecule has 0 unspecified atom stereocenters. The lowest BCUT2D eigenvalue weighted by Crippen LogP contribution is -1.47. The second kappa shape index (κ2) is 37.0. The molecule has 1 rings (SSSR count). The molecule has 1 fully saturated rings. The first-order chi connectivity index (χ1) is 7.22. The lowest BCUT2D eigenvalue weighted by atomic mass is 10.4. The fourth-order valence-electron chi connectivity index (χ4n) is 0.167. The minimum Gasteiger partial charge on any atom is -0.0683 e. The van der Waals surface area contributed by atoms with Gasteiger partial charge in [-0.15, -0.1) is 0 Å². The van der Waals surface area contributed by atoms with Crippen molar-refractivity contribution in [2.24, 2.45) is 5.92 Å². The quantitative estimate of drug-likeness (QED) is 0.460. The molecular formula is C15H38. The predicted molar refractivity (Wildman–Crippen MR) is 77.6 cm³/mol. The van der Waals surface area contributed by atoms with Gasteiger partial charge in [0.1, 0.15) is 0 Å². The first-order valence-electron chi connectivity index (χ1n) is 7.22. The van der Waals surface area contributed by atoms with Crippen molar-refractivity contribution in [3.8, 4) is 0 Å². The van der Waals surface area contributed by atoms with E-state index >= 15 is 0 Å².